The molecule has 3 atom stereocenters. The molecule has 0 N–H and O–H groups in total. The van der Waals surface area contributed by atoms with Crippen LogP contribution in [0, 0.1) is 35.0 Å². The van der Waals surface area contributed by atoms with Crippen LogP contribution in [0.15, 0.2) is 22.2 Å². The highest BCUT2D eigenvalue weighted by atomic mass is 35.5. The van der Waals surface area contributed by atoms with Crippen LogP contribution in [0.5, 0.6) is 0 Å². The van der Waals surface area contributed by atoms with Gasteiger partial charge in [0.1, 0.15) is 4.49 Å². The Labute approximate surface area is 137 Å². The lowest BCUT2D eigenvalue weighted by Crippen LogP contribution is -2.41. The summed E-state index contributed by atoms with van der Waals surface area (Å²) in [6, 6.07) is 0. The Balaban J connectivity index is 3.24. The van der Waals surface area contributed by atoms with E-state index in [1.807, 2.05) is 27.7 Å². The van der Waals surface area contributed by atoms with Crippen molar-refractivity contribution in [2.24, 2.45) is 22.7 Å². The van der Waals surface area contributed by atoms with E-state index < -0.39 is 22.7 Å². The first-order valence-corrected chi connectivity index (χ1v) is 7.77. The zero-order valence-corrected chi connectivity index (χ0v) is 14.4. The average molecular weight is 328 g/mol. The molecule has 0 spiro atoms. The summed E-state index contributed by atoms with van der Waals surface area (Å²) in [7, 11) is 0. The van der Waals surface area contributed by atoms with Gasteiger partial charge in [-0.3, -0.25) is 0 Å². The number of aliphatic carboxylic acids is 1. The van der Waals surface area contributed by atoms with Crippen LogP contribution in [-0.2, 0) is 4.79 Å². The number of carbonyl (C=O) groups is 1. The fraction of sp³-hybridized carbons (Fsp3) is 0.588. The minimum atomic E-state index is -1.13. The SMILES string of the molecule is C#CC(C/C(C)=C/CC)C1(C(=O)[O-])C(C=C(Cl)Cl)C1(C)C. The molecule has 0 amide bonds. The second-order valence-corrected chi connectivity index (χ2v) is 7.20. The molecule has 1 saturated carbocycles. The second kappa shape index (κ2) is 6.46. The molecule has 0 aromatic carbocycles. The summed E-state index contributed by atoms with van der Waals surface area (Å²) < 4.78 is 0.0628. The maximum absolute atomic E-state index is 11.9. The first-order valence-electron chi connectivity index (χ1n) is 7.02. The van der Waals surface area contributed by atoms with E-state index in [2.05, 4.69) is 12.0 Å². The Morgan fingerprint density at radius 1 is 1.48 bits per heavy atom. The lowest BCUT2D eigenvalue weighted by atomic mass is 9.79. The van der Waals surface area contributed by atoms with Gasteiger partial charge < -0.3 is 9.90 Å². The van der Waals surface area contributed by atoms with Gasteiger partial charge in [-0.2, -0.15) is 0 Å². The standard InChI is InChI=1S/C17H22Cl2O2/c1-6-8-11(3)9-12(7-2)17(15(20)21)13(10-14(18)19)16(17,4)5/h2,8,10,12-13H,6,9H2,1,3-5H3,(H,20,21)/p-1/b11-8+. The summed E-state index contributed by atoms with van der Waals surface area (Å²) in [5.74, 6) is 0.755. The van der Waals surface area contributed by atoms with Gasteiger partial charge in [-0.05, 0) is 37.2 Å². The van der Waals surface area contributed by atoms with Crippen LogP contribution in [-0.4, -0.2) is 5.97 Å². The zero-order valence-electron chi connectivity index (χ0n) is 12.9. The quantitative estimate of drug-likeness (QED) is 0.551. The van der Waals surface area contributed by atoms with Crippen molar-refractivity contribution in [2.45, 2.75) is 40.5 Å². The number of terminal acetylenes is 1. The smallest absolute Gasteiger partial charge is 0.103 e. The second-order valence-electron chi connectivity index (χ2n) is 6.19. The maximum atomic E-state index is 11.9. The number of halogens is 2. The van der Waals surface area contributed by atoms with Crippen LogP contribution in [0.2, 0.25) is 0 Å². The molecule has 0 saturated heterocycles. The third-order valence-electron chi connectivity index (χ3n) is 4.71. The van der Waals surface area contributed by atoms with Gasteiger partial charge in [0, 0.05) is 17.3 Å². The van der Waals surface area contributed by atoms with E-state index in [1.165, 1.54) is 0 Å². The fourth-order valence-corrected chi connectivity index (χ4v) is 3.86. The molecule has 3 unspecified atom stereocenters. The largest absolute Gasteiger partial charge is 0.549 e. The molecule has 0 aromatic rings. The normalized spacial score (nSPS) is 28.4. The van der Waals surface area contributed by atoms with Crippen molar-refractivity contribution in [1.29, 1.82) is 0 Å². The van der Waals surface area contributed by atoms with E-state index in [0.29, 0.717) is 6.42 Å². The van der Waals surface area contributed by atoms with E-state index in [0.717, 1.165) is 12.0 Å². The van der Waals surface area contributed by atoms with Gasteiger partial charge >= 0.3 is 0 Å². The molecule has 0 bridgehead atoms. The highest BCUT2D eigenvalue weighted by Gasteiger charge is 2.73. The highest BCUT2D eigenvalue weighted by molar-refractivity contribution is 6.55. The van der Waals surface area contributed by atoms with Crippen LogP contribution in [0.4, 0.5) is 0 Å². The maximum Gasteiger partial charge on any atom is 0.103 e. The molecular weight excluding hydrogens is 307 g/mol. The summed E-state index contributed by atoms with van der Waals surface area (Å²) in [6.45, 7) is 7.72. The minimum absolute atomic E-state index is 0.0628. The Bertz CT molecular complexity index is 521. The fourth-order valence-electron chi connectivity index (χ4n) is 3.61. The summed E-state index contributed by atoms with van der Waals surface area (Å²) in [5.41, 5.74) is -0.576. The summed E-state index contributed by atoms with van der Waals surface area (Å²) in [6.07, 6.45) is 10.7. The topological polar surface area (TPSA) is 40.1 Å². The number of carbonyl (C=O) groups excluding carboxylic acids is 1. The Morgan fingerprint density at radius 2 is 2.05 bits per heavy atom. The van der Waals surface area contributed by atoms with Crippen molar-refractivity contribution in [1.82, 2.24) is 0 Å². The molecule has 0 heterocycles. The van der Waals surface area contributed by atoms with E-state index in [1.54, 1.807) is 6.08 Å². The molecule has 1 aliphatic carbocycles. The average Bonchev–Trinajstić information content (AvgIpc) is 2.83. The molecule has 1 rings (SSSR count). The van der Waals surface area contributed by atoms with Gasteiger partial charge in [0.05, 0.1) is 0 Å². The van der Waals surface area contributed by atoms with E-state index in [4.69, 9.17) is 29.6 Å². The van der Waals surface area contributed by atoms with Crippen molar-refractivity contribution >= 4 is 29.2 Å². The van der Waals surface area contributed by atoms with Gasteiger partial charge in [0.2, 0.25) is 0 Å². The predicted octanol–water partition coefficient (Wildman–Crippen LogP) is 3.69. The molecule has 21 heavy (non-hydrogen) atoms. The molecule has 4 heteroatoms. The van der Waals surface area contributed by atoms with Crippen LogP contribution in [0.3, 0.4) is 0 Å². The Kier molecular flexibility index (Phi) is 5.58. The predicted molar refractivity (Wildman–Crippen MR) is 85.5 cm³/mol. The van der Waals surface area contributed by atoms with E-state index in [-0.39, 0.29) is 10.4 Å². The molecule has 0 aliphatic heterocycles. The molecular formula is C17H21Cl2O2-. The van der Waals surface area contributed by atoms with Gasteiger partial charge in [0.25, 0.3) is 0 Å². The molecule has 0 radical (unpaired) electrons. The van der Waals surface area contributed by atoms with Gasteiger partial charge in [-0.15, -0.1) is 12.3 Å². The number of hydrogen-bond acceptors (Lipinski definition) is 2. The van der Waals surface area contributed by atoms with E-state index >= 15 is 0 Å². The Hall–Kier alpha value is -0.910. The lowest BCUT2D eigenvalue weighted by molar-refractivity contribution is -0.317. The number of carboxylic acids is 1. The Morgan fingerprint density at radius 3 is 2.43 bits per heavy atom. The van der Waals surface area contributed by atoms with Gasteiger partial charge in [0.15, 0.2) is 0 Å². The first kappa shape index (κ1) is 18.1. The highest BCUT2D eigenvalue weighted by Crippen LogP contribution is 2.73. The van der Waals surface area contributed by atoms with Crippen molar-refractivity contribution in [2.75, 3.05) is 0 Å². The summed E-state index contributed by atoms with van der Waals surface area (Å²) >= 11 is 11.5. The van der Waals surface area contributed by atoms with Crippen LogP contribution >= 0.6 is 23.2 Å². The number of hydrogen-bond donors (Lipinski definition) is 0. The molecule has 2 nitrogen and oxygen atoms in total. The lowest BCUT2D eigenvalue weighted by Gasteiger charge is -2.28. The van der Waals surface area contributed by atoms with Crippen molar-refractivity contribution in [3.63, 3.8) is 0 Å². The molecule has 0 aromatic heterocycles. The molecule has 116 valence electrons. The minimum Gasteiger partial charge on any atom is -0.549 e. The monoisotopic (exact) mass is 327 g/mol. The van der Waals surface area contributed by atoms with Crippen LogP contribution < -0.4 is 5.11 Å². The third kappa shape index (κ3) is 3.00. The van der Waals surface area contributed by atoms with E-state index in [9.17, 15) is 9.90 Å². The summed E-state index contributed by atoms with van der Waals surface area (Å²) in [5, 5.41) is 11.9. The first-order chi connectivity index (χ1) is 9.66. The van der Waals surface area contributed by atoms with Gasteiger partial charge in [-0.1, -0.05) is 55.6 Å². The molecule has 1 aliphatic rings. The van der Waals surface area contributed by atoms with Gasteiger partial charge in [-0.25, -0.2) is 0 Å². The van der Waals surface area contributed by atoms with Crippen molar-refractivity contribution in [3.05, 3.63) is 22.2 Å². The number of rotatable bonds is 6. The number of allylic oxidation sites excluding steroid dienone is 3. The molecule has 1 fully saturated rings. The number of carboxylic acid groups (broad SMARTS) is 1. The van der Waals surface area contributed by atoms with Crippen molar-refractivity contribution < 1.29 is 9.90 Å². The van der Waals surface area contributed by atoms with Crippen LogP contribution in [0.25, 0.3) is 0 Å². The van der Waals surface area contributed by atoms with Crippen LogP contribution in [0.1, 0.15) is 40.5 Å². The third-order valence-corrected chi connectivity index (χ3v) is 4.96. The van der Waals surface area contributed by atoms with Crippen molar-refractivity contribution in [3.8, 4) is 12.3 Å². The summed E-state index contributed by atoms with van der Waals surface area (Å²) in [4.78, 5) is 11.9. The zero-order chi connectivity index (χ0) is 16.4.